The third kappa shape index (κ3) is 3.49. The molecule has 0 aliphatic rings. The predicted molar refractivity (Wildman–Crippen MR) is 59.7 cm³/mol. The number of aliphatic hydroxyl groups excluding tert-OH is 2. The second-order valence-electron chi connectivity index (χ2n) is 3.30. The van der Waals surface area contributed by atoms with Crippen molar-refractivity contribution in [3.63, 3.8) is 0 Å². The smallest absolute Gasteiger partial charge is 0.128 e. The Hall–Kier alpha value is -1.13. The van der Waals surface area contributed by atoms with E-state index in [1.165, 1.54) is 0 Å². The average Bonchev–Trinajstić information content (AvgIpc) is 2.30. The van der Waals surface area contributed by atoms with Gasteiger partial charge >= 0.3 is 0 Å². The van der Waals surface area contributed by atoms with Crippen LogP contribution < -0.4 is 4.90 Å². The van der Waals surface area contributed by atoms with Crippen molar-refractivity contribution < 1.29 is 10.2 Å². The standard InChI is InChI=1S/C11H18N2O2/c1-2-13(7-4-8-14)11-6-3-5-10(9-15)12-11/h3,5-6,14-15H,2,4,7-9H2,1H3. The zero-order valence-electron chi connectivity index (χ0n) is 9.06. The molecule has 4 nitrogen and oxygen atoms in total. The quantitative estimate of drug-likeness (QED) is 0.728. The fraction of sp³-hybridized carbons (Fsp3) is 0.545. The van der Waals surface area contributed by atoms with Crippen molar-refractivity contribution in [2.24, 2.45) is 0 Å². The van der Waals surface area contributed by atoms with Crippen LogP contribution >= 0.6 is 0 Å². The van der Waals surface area contributed by atoms with Crippen LogP contribution in [0.5, 0.6) is 0 Å². The summed E-state index contributed by atoms with van der Waals surface area (Å²) < 4.78 is 0. The number of aliphatic hydroxyl groups is 2. The summed E-state index contributed by atoms with van der Waals surface area (Å²) in [6, 6.07) is 5.60. The number of anilines is 1. The largest absolute Gasteiger partial charge is 0.396 e. The molecule has 0 aromatic carbocycles. The Labute approximate surface area is 90.2 Å². The van der Waals surface area contributed by atoms with Crippen LogP contribution in [0.2, 0.25) is 0 Å². The topological polar surface area (TPSA) is 56.6 Å². The van der Waals surface area contributed by atoms with Gasteiger partial charge in [-0.3, -0.25) is 0 Å². The third-order valence-corrected chi connectivity index (χ3v) is 2.25. The normalized spacial score (nSPS) is 10.3. The van der Waals surface area contributed by atoms with Gasteiger partial charge in [0.15, 0.2) is 0 Å². The molecule has 0 radical (unpaired) electrons. The minimum atomic E-state index is -0.0363. The number of nitrogens with zero attached hydrogens (tertiary/aromatic N) is 2. The van der Waals surface area contributed by atoms with Crippen LogP contribution in [0.25, 0.3) is 0 Å². The van der Waals surface area contributed by atoms with Crippen molar-refractivity contribution in [1.29, 1.82) is 0 Å². The molecule has 0 spiro atoms. The fourth-order valence-electron chi connectivity index (χ4n) is 1.43. The van der Waals surface area contributed by atoms with Gasteiger partial charge in [-0.2, -0.15) is 0 Å². The second-order valence-corrected chi connectivity index (χ2v) is 3.30. The number of hydrogen-bond donors (Lipinski definition) is 2. The first kappa shape index (κ1) is 11.9. The lowest BCUT2D eigenvalue weighted by atomic mass is 10.3. The molecule has 0 saturated heterocycles. The van der Waals surface area contributed by atoms with Crippen molar-refractivity contribution in [1.82, 2.24) is 4.98 Å². The monoisotopic (exact) mass is 210 g/mol. The molecule has 15 heavy (non-hydrogen) atoms. The predicted octanol–water partition coefficient (Wildman–Crippen LogP) is 0.783. The minimum Gasteiger partial charge on any atom is -0.396 e. The van der Waals surface area contributed by atoms with Gasteiger partial charge < -0.3 is 15.1 Å². The van der Waals surface area contributed by atoms with E-state index >= 15 is 0 Å². The molecule has 0 saturated carbocycles. The van der Waals surface area contributed by atoms with E-state index in [4.69, 9.17) is 10.2 Å². The first-order valence-electron chi connectivity index (χ1n) is 5.24. The average molecular weight is 210 g/mol. The number of hydrogen-bond acceptors (Lipinski definition) is 4. The summed E-state index contributed by atoms with van der Waals surface area (Å²) in [5, 5.41) is 17.7. The van der Waals surface area contributed by atoms with E-state index in [2.05, 4.69) is 9.88 Å². The van der Waals surface area contributed by atoms with Crippen LogP contribution in [0.4, 0.5) is 5.82 Å². The molecule has 84 valence electrons. The molecule has 0 bridgehead atoms. The van der Waals surface area contributed by atoms with E-state index in [0.29, 0.717) is 5.69 Å². The van der Waals surface area contributed by atoms with Gasteiger partial charge in [-0.1, -0.05) is 6.07 Å². The maximum absolute atomic E-state index is 8.97. The molecule has 0 amide bonds. The highest BCUT2D eigenvalue weighted by molar-refractivity contribution is 5.38. The summed E-state index contributed by atoms with van der Waals surface area (Å²) in [7, 11) is 0. The highest BCUT2D eigenvalue weighted by Crippen LogP contribution is 2.11. The molecule has 0 aliphatic heterocycles. The number of pyridine rings is 1. The zero-order valence-corrected chi connectivity index (χ0v) is 9.06. The lowest BCUT2D eigenvalue weighted by molar-refractivity contribution is 0.276. The Balaban J connectivity index is 2.72. The molecule has 0 unspecified atom stereocenters. The maximum Gasteiger partial charge on any atom is 0.128 e. The van der Waals surface area contributed by atoms with Gasteiger partial charge in [0, 0.05) is 19.7 Å². The van der Waals surface area contributed by atoms with Crippen LogP contribution in [-0.4, -0.2) is 34.9 Å². The van der Waals surface area contributed by atoms with Gasteiger partial charge in [-0.15, -0.1) is 0 Å². The summed E-state index contributed by atoms with van der Waals surface area (Å²) in [5.41, 5.74) is 0.676. The molecule has 0 fully saturated rings. The fourth-order valence-corrected chi connectivity index (χ4v) is 1.43. The van der Waals surface area contributed by atoms with Crippen molar-refractivity contribution in [2.75, 3.05) is 24.6 Å². The Kier molecular flexibility index (Phi) is 5.07. The Morgan fingerprint density at radius 2 is 2.13 bits per heavy atom. The lowest BCUT2D eigenvalue weighted by Gasteiger charge is -2.21. The van der Waals surface area contributed by atoms with E-state index in [0.717, 1.165) is 25.3 Å². The van der Waals surface area contributed by atoms with Gasteiger partial charge in [0.05, 0.1) is 12.3 Å². The van der Waals surface area contributed by atoms with Crippen LogP contribution in [0.3, 0.4) is 0 Å². The summed E-state index contributed by atoms with van der Waals surface area (Å²) in [6.07, 6.45) is 0.735. The molecular weight excluding hydrogens is 192 g/mol. The van der Waals surface area contributed by atoms with Gasteiger partial charge in [0.2, 0.25) is 0 Å². The van der Waals surface area contributed by atoms with E-state index in [-0.39, 0.29) is 13.2 Å². The van der Waals surface area contributed by atoms with Crippen molar-refractivity contribution in [3.8, 4) is 0 Å². The molecule has 1 aromatic heterocycles. The summed E-state index contributed by atoms with van der Waals surface area (Å²) >= 11 is 0. The Morgan fingerprint density at radius 3 is 2.73 bits per heavy atom. The molecule has 1 rings (SSSR count). The van der Waals surface area contributed by atoms with E-state index < -0.39 is 0 Å². The summed E-state index contributed by atoms with van der Waals surface area (Å²) in [6.45, 7) is 3.84. The second kappa shape index (κ2) is 6.37. The molecule has 0 atom stereocenters. The van der Waals surface area contributed by atoms with Crippen LogP contribution in [0.1, 0.15) is 19.0 Å². The van der Waals surface area contributed by atoms with Gasteiger partial charge in [0.1, 0.15) is 5.82 Å². The molecule has 1 heterocycles. The lowest BCUT2D eigenvalue weighted by Crippen LogP contribution is -2.25. The van der Waals surface area contributed by atoms with E-state index in [1.54, 1.807) is 6.07 Å². The van der Waals surface area contributed by atoms with Gasteiger partial charge in [0.25, 0.3) is 0 Å². The van der Waals surface area contributed by atoms with Crippen molar-refractivity contribution in [2.45, 2.75) is 20.0 Å². The van der Waals surface area contributed by atoms with Gasteiger partial charge in [-0.05, 0) is 25.5 Å². The molecule has 0 aliphatic carbocycles. The summed E-state index contributed by atoms with van der Waals surface area (Å²) in [5.74, 6) is 0.859. The number of aromatic nitrogens is 1. The van der Waals surface area contributed by atoms with Crippen molar-refractivity contribution >= 4 is 5.82 Å². The molecule has 4 heteroatoms. The number of rotatable bonds is 6. The Morgan fingerprint density at radius 1 is 1.33 bits per heavy atom. The zero-order chi connectivity index (χ0) is 11.1. The maximum atomic E-state index is 8.97. The molecular formula is C11H18N2O2. The van der Waals surface area contributed by atoms with Crippen LogP contribution in [0.15, 0.2) is 18.2 Å². The SMILES string of the molecule is CCN(CCCO)c1cccc(CO)n1. The van der Waals surface area contributed by atoms with E-state index in [9.17, 15) is 0 Å². The van der Waals surface area contributed by atoms with Crippen LogP contribution in [-0.2, 0) is 6.61 Å². The first-order chi connectivity index (χ1) is 7.31. The highest BCUT2D eigenvalue weighted by atomic mass is 16.3. The van der Waals surface area contributed by atoms with E-state index in [1.807, 2.05) is 19.1 Å². The van der Waals surface area contributed by atoms with Gasteiger partial charge in [-0.25, -0.2) is 4.98 Å². The third-order valence-electron chi connectivity index (χ3n) is 2.25. The van der Waals surface area contributed by atoms with Crippen molar-refractivity contribution in [3.05, 3.63) is 23.9 Å². The highest BCUT2D eigenvalue weighted by Gasteiger charge is 2.05. The minimum absolute atomic E-state index is 0.0363. The Bertz CT molecular complexity index is 292. The first-order valence-corrected chi connectivity index (χ1v) is 5.24. The van der Waals surface area contributed by atoms with Crippen LogP contribution in [0, 0.1) is 0 Å². The molecule has 2 N–H and O–H groups in total. The summed E-state index contributed by atoms with van der Waals surface area (Å²) in [4.78, 5) is 6.39. The molecule has 1 aromatic rings.